The molecule has 1 heterocycles. The first-order valence-electron chi connectivity index (χ1n) is 6.97. The molecular weight excluding hydrogens is 227 g/mol. The Kier molecular flexibility index (Phi) is 4.72. The predicted octanol–water partition coefficient (Wildman–Crippen LogP) is 3.09. The van der Waals surface area contributed by atoms with Crippen LogP contribution in [0.2, 0.25) is 0 Å². The summed E-state index contributed by atoms with van der Waals surface area (Å²) in [4.78, 5) is 2.47. The maximum atomic E-state index is 13.4. The first kappa shape index (κ1) is 13.5. The smallest absolute Gasteiger partial charge is 0.123 e. The summed E-state index contributed by atoms with van der Waals surface area (Å²) in [5, 5.41) is 0. The third-order valence-electron chi connectivity index (χ3n) is 4.00. The van der Waals surface area contributed by atoms with Gasteiger partial charge in [0.1, 0.15) is 5.82 Å². The number of piperidine rings is 1. The van der Waals surface area contributed by atoms with Crippen molar-refractivity contribution in [2.45, 2.75) is 44.7 Å². The molecule has 1 aromatic carbocycles. The molecule has 1 aromatic rings. The van der Waals surface area contributed by atoms with Crippen molar-refractivity contribution in [3.8, 4) is 0 Å². The molecule has 0 radical (unpaired) electrons. The molecule has 1 fully saturated rings. The van der Waals surface area contributed by atoms with Gasteiger partial charge in [-0.15, -0.1) is 0 Å². The normalized spacial score (nSPS) is 22.9. The van der Waals surface area contributed by atoms with Crippen LogP contribution in [0.4, 0.5) is 4.39 Å². The molecule has 3 heteroatoms. The number of nitrogens with two attached hydrogens (primary N) is 1. The van der Waals surface area contributed by atoms with Gasteiger partial charge in [-0.05, 0) is 43.5 Å². The quantitative estimate of drug-likeness (QED) is 0.889. The van der Waals surface area contributed by atoms with Gasteiger partial charge in [0.2, 0.25) is 0 Å². The molecule has 2 atom stereocenters. The molecule has 2 N–H and O–H groups in total. The summed E-state index contributed by atoms with van der Waals surface area (Å²) >= 11 is 0. The summed E-state index contributed by atoms with van der Waals surface area (Å²) in [6.45, 7) is 3.86. The highest BCUT2D eigenvalue weighted by molar-refractivity contribution is 5.21. The van der Waals surface area contributed by atoms with Crippen LogP contribution in [0.3, 0.4) is 0 Å². The second kappa shape index (κ2) is 6.30. The SMILES string of the molecule is CCC1CCCCN1C(CN)c1cccc(F)c1. The van der Waals surface area contributed by atoms with E-state index in [1.165, 1.54) is 25.3 Å². The monoisotopic (exact) mass is 250 g/mol. The average molecular weight is 250 g/mol. The van der Waals surface area contributed by atoms with Crippen molar-refractivity contribution in [3.63, 3.8) is 0 Å². The molecule has 100 valence electrons. The molecule has 2 nitrogen and oxygen atoms in total. The number of nitrogens with zero attached hydrogens (tertiary/aromatic N) is 1. The zero-order valence-electron chi connectivity index (χ0n) is 11.1. The fourth-order valence-electron chi connectivity index (χ4n) is 3.05. The van der Waals surface area contributed by atoms with Crippen molar-refractivity contribution in [2.75, 3.05) is 13.1 Å². The van der Waals surface area contributed by atoms with E-state index in [1.807, 2.05) is 6.07 Å². The van der Waals surface area contributed by atoms with Crippen LogP contribution in [0.15, 0.2) is 24.3 Å². The van der Waals surface area contributed by atoms with Crippen LogP contribution in [0, 0.1) is 5.82 Å². The van der Waals surface area contributed by atoms with Gasteiger partial charge >= 0.3 is 0 Å². The number of halogens is 1. The number of rotatable bonds is 4. The van der Waals surface area contributed by atoms with Crippen molar-refractivity contribution in [3.05, 3.63) is 35.6 Å². The maximum Gasteiger partial charge on any atom is 0.123 e. The molecule has 18 heavy (non-hydrogen) atoms. The fourth-order valence-corrected chi connectivity index (χ4v) is 3.05. The largest absolute Gasteiger partial charge is 0.329 e. The van der Waals surface area contributed by atoms with E-state index in [0.29, 0.717) is 12.6 Å². The highest BCUT2D eigenvalue weighted by Crippen LogP contribution is 2.29. The number of hydrogen-bond acceptors (Lipinski definition) is 2. The molecule has 0 spiro atoms. The van der Waals surface area contributed by atoms with Gasteiger partial charge in [0, 0.05) is 18.6 Å². The lowest BCUT2D eigenvalue weighted by Gasteiger charge is -2.40. The zero-order valence-corrected chi connectivity index (χ0v) is 11.1. The molecule has 0 saturated carbocycles. The van der Waals surface area contributed by atoms with Crippen LogP contribution < -0.4 is 5.73 Å². The van der Waals surface area contributed by atoms with E-state index in [1.54, 1.807) is 12.1 Å². The van der Waals surface area contributed by atoms with E-state index in [4.69, 9.17) is 5.73 Å². The Morgan fingerprint density at radius 1 is 1.44 bits per heavy atom. The summed E-state index contributed by atoms with van der Waals surface area (Å²) in [6, 6.07) is 7.63. The van der Waals surface area contributed by atoms with Crippen molar-refractivity contribution in [1.82, 2.24) is 4.90 Å². The molecule has 1 aliphatic heterocycles. The zero-order chi connectivity index (χ0) is 13.0. The van der Waals surface area contributed by atoms with E-state index in [9.17, 15) is 4.39 Å². The van der Waals surface area contributed by atoms with E-state index in [-0.39, 0.29) is 11.9 Å². The predicted molar refractivity (Wildman–Crippen MR) is 72.8 cm³/mol. The van der Waals surface area contributed by atoms with E-state index in [0.717, 1.165) is 18.5 Å². The van der Waals surface area contributed by atoms with Crippen LogP contribution in [0.5, 0.6) is 0 Å². The number of benzene rings is 1. The maximum absolute atomic E-state index is 13.4. The first-order valence-corrected chi connectivity index (χ1v) is 6.97. The Balaban J connectivity index is 2.21. The third-order valence-corrected chi connectivity index (χ3v) is 4.00. The van der Waals surface area contributed by atoms with Crippen LogP contribution in [0.1, 0.15) is 44.2 Å². The number of likely N-dealkylation sites (tertiary alicyclic amines) is 1. The van der Waals surface area contributed by atoms with Crippen LogP contribution in [-0.2, 0) is 0 Å². The van der Waals surface area contributed by atoms with Gasteiger partial charge in [-0.3, -0.25) is 4.90 Å². The molecule has 0 bridgehead atoms. The second-order valence-corrected chi connectivity index (χ2v) is 5.10. The van der Waals surface area contributed by atoms with E-state index < -0.39 is 0 Å². The van der Waals surface area contributed by atoms with Gasteiger partial charge in [-0.25, -0.2) is 4.39 Å². The highest BCUT2D eigenvalue weighted by atomic mass is 19.1. The Morgan fingerprint density at radius 3 is 2.94 bits per heavy atom. The summed E-state index contributed by atoms with van der Waals surface area (Å²) in [5.41, 5.74) is 6.95. The van der Waals surface area contributed by atoms with Gasteiger partial charge in [0.05, 0.1) is 0 Å². The minimum absolute atomic E-state index is 0.158. The van der Waals surface area contributed by atoms with Gasteiger partial charge in [0.25, 0.3) is 0 Å². The van der Waals surface area contributed by atoms with Gasteiger partial charge in [-0.1, -0.05) is 25.5 Å². The van der Waals surface area contributed by atoms with Gasteiger partial charge in [-0.2, -0.15) is 0 Å². The average Bonchev–Trinajstić information content (AvgIpc) is 2.40. The summed E-state index contributed by atoms with van der Waals surface area (Å²) < 4.78 is 13.4. The lowest BCUT2D eigenvalue weighted by molar-refractivity contribution is 0.0948. The Bertz CT molecular complexity index is 381. The molecule has 1 aliphatic rings. The Labute approximate surface area is 109 Å². The minimum atomic E-state index is -0.170. The molecule has 1 saturated heterocycles. The van der Waals surface area contributed by atoms with Crippen LogP contribution in [0.25, 0.3) is 0 Å². The van der Waals surface area contributed by atoms with Crippen molar-refractivity contribution < 1.29 is 4.39 Å². The van der Waals surface area contributed by atoms with Gasteiger partial charge in [0.15, 0.2) is 0 Å². The lowest BCUT2D eigenvalue weighted by Crippen LogP contribution is -2.44. The first-order chi connectivity index (χ1) is 8.76. The third kappa shape index (κ3) is 2.90. The molecule has 2 unspecified atom stereocenters. The standard InChI is InChI=1S/C15H23FN2/c1-2-14-8-3-4-9-18(14)15(11-17)12-6-5-7-13(16)10-12/h5-7,10,14-15H,2-4,8-9,11,17H2,1H3. The van der Waals surface area contributed by atoms with Crippen LogP contribution >= 0.6 is 0 Å². The molecule has 0 amide bonds. The molecule has 0 aromatic heterocycles. The molecule has 2 rings (SSSR count). The van der Waals surface area contributed by atoms with Crippen molar-refractivity contribution >= 4 is 0 Å². The Hall–Kier alpha value is -0.930. The lowest BCUT2D eigenvalue weighted by atomic mass is 9.95. The number of hydrogen-bond donors (Lipinski definition) is 1. The topological polar surface area (TPSA) is 29.3 Å². The molecule has 0 aliphatic carbocycles. The summed E-state index contributed by atoms with van der Waals surface area (Å²) in [5.74, 6) is -0.170. The van der Waals surface area contributed by atoms with Crippen LogP contribution in [-0.4, -0.2) is 24.0 Å². The minimum Gasteiger partial charge on any atom is -0.329 e. The Morgan fingerprint density at radius 2 is 2.28 bits per heavy atom. The molecular formula is C15H23FN2. The highest BCUT2D eigenvalue weighted by Gasteiger charge is 2.27. The second-order valence-electron chi connectivity index (χ2n) is 5.10. The van der Waals surface area contributed by atoms with Crippen molar-refractivity contribution in [1.29, 1.82) is 0 Å². The van der Waals surface area contributed by atoms with Crippen molar-refractivity contribution in [2.24, 2.45) is 5.73 Å². The summed E-state index contributed by atoms with van der Waals surface area (Å²) in [6.07, 6.45) is 4.91. The van der Waals surface area contributed by atoms with E-state index in [2.05, 4.69) is 11.8 Å². The fraction of sp³-hybridized carbons (Fsp3) is 0.600. The van der Waals surface area contributed by atoms with Gasteiger partial charge < -0.3 is 5.73 Å². The summed E-state index contributed by atoms with van der Waals surface area (Å²) in [7, 11) is 0. The van der Waals surface area contributed by atoms with E-state index >= 15 is 0 Å².